The van der Waals surface area contributed by atoms with Crippen LogP contribution in [0.3, 0.4) is 0 Å². The molecular formula is C11H8Br2N2OS. The second-order valence-corrected chi connectivity index (χ2v) is 6.62. The van der Waals surface area contributed by atoms with Crippen molar-refractivity contribution in [3.63, 3.8) is 0 Å². The predicted molar refractivity (Wildman–Crippen MR) is 75.1 cm³/mol. The van der Waals surface area contributed by atoms with E-state index in [4.69, 9.17) is 0 Å². The number of nitrogens with one attached hydrogen (secondary N) is 1. The summed E-state index contributed by atoms with van der Waals surface area (Å²) < 4.78 is 1.76. The summed E-state index contributed by atoms with van der Waals surface area (Å²) in [7, 11) is 0. The van der Waals surface area contributed by atoms with Crippen molar-refractivity contribution >= 4 is 49.1 Å². The Balaban J connectivity index is 2.01. The third-order valence-electron chi connectivity index (χ3n) is 2.03. The van der Waals surface area contributed by atoms with Gasteiger partial charge in [0.15, 0.2) is 0 Å². The van der Waals surface area contributed by atoms with Crippen molar-refractivity contribution in [1.29, 1.82) is 0 Å². The predicted octanol–water partition coefficient (Wildman–Crippen LogP) is 3.60. The highest BCUT2D eigenvalue weighted by molar-refractivity contribution is 9.11. The van der Waals surface area contributed by atoms with Gasteiger partial charge in [-0.1, -0.05) is 0 Å². The summed E-state index contributed by atoms with van der Waals surface area (Å²) in [6, 6.07) is 7.51. The van der Waals surface area contributed by atoms with Crippen LogP contribution in [0.25, 0.3) is 0 Å². The van der Waals surface area contributed by atoms with Crippen molar-refractivity contribution in [3.05, 3.63) is 49.3 Å². The lowest BCUT2D eigenvalue weighted by atomic mass is 10.3. The van der Waals surface area contributed by atoms with Gasteiger partial charge in [-0.2, -0.15) is 0 Å². The molecule has 6 heteroatoms. The van der Waals surface area contributed by atoms with Crippen LogP contribution in [0.5, 0.6) is 0 Å². The second kappa shape index (κ2) is 5.75. The van der Waals surface area contributed by atoms with E-state index in [9.17, 15) is 4.79 Å². The molecule has 17 heavy (non-hydrogen) atoms. The van der Waals surface area contributed by atoms with E-state index in [0.29, 0.717) is 16.7 Å². The molecule has 2 heterocycles. The Morgan fingerprint density at radius 3 is 2.82 bits per heavy atom. The zero-order valence-corrected chi connectivity index (χ0v) is 12.6. The molecule has 0 fully saturated rings. The van der Waals surface area contributed by atoms with Gasteiger partial charge in [0.1, 0.15) is 5.69 Å². The van der Waals surface area contributed by atoms with E-state index in [2.05, 4.69) is 42.2 Å². The quantitative estimate of drug-likeness (QED) is 0.890. The van der Waals surface area contributed by atoms with Crippen LogP contribution in [0.15, 0.2) is 38.7 Å². The molecule has 2 rings (SSSR count). The summed E-state index contributed by atoms with van der Waals surface area (Å²) in [5, 5.41) is 2.83. The summed E-state index contributed by atoms with van der Waals surface area (Å²) in [6.45, 7) is 0.512. The van der Waals surface area contributed by atoms with E-state index in [1.165, 1.54) is 0 Å². The molecule has 0 aliphatic heterocycles. The fourth-order valence-corrected chi connectivity index (χ4v) is 3.11. The number of hydrogen-bond acceptors (Lipinski definition) is 3. The minimum Gasteiger partial charge on any atom is -0.346 e. The number of halogens is 2. The smallest absolute Gasteiger partial charge is 0.271 e. The van der Waals surface area contributed by atoms with Gasteiger partial charge in [-0.3, -0.25) is 4.79 Å². The Morgan fingerprint density at radius 2 is 2.18 bits per heavy atom. The Bertz CT molecular complexity index is 542. The summed E-state index contributed by atoms with van der Waals surface area (Å²) >= 11 is 8.28. The monoisotopic (exact) mass is 374 g/mol. The number of nitrogens with zero attached hydrogens (tertiary/aromatic N) is 1. The number of aromatic nitrogens is 1. The SMILES string of the molecule is O=C(NCc1ccc(Br)s1)c1ncccc1Br. The molecule has 0 bridgehead atoms. The highest BCUT2D eigenvalue weighted by atomic mass is 79.9. The van der Waals surface area contributed by atoms with Crippen molar-refractivity contribution in [2.45, 2.75) is 6.54 Å². The third-order valence-corrected chi connectivity index (χ3v) is 4.29. The van der Waals surface area contributed by atoms with Crippen LogP contribution in [0.4, 0.5) is 0 Å². The standard InChI is InChI=1S/C11H8Br2N2OS/c12-8-2-1-5-14-10(8)11(16)15-6-7-3-4-9(13)17-7/h1-5H,6H2,(H,15,16). The Labute approximate surface area is 120 Å². The maximum absolute atomic E-state index is 11.8. The molecule has 0 radical (unpaired) electrons. The molecule has 2 aromatic rings. The molecule has 0 saturated heterocycles. The van der Waals surface area contributed by atoms with Crippen molar-refractivity contribution in [2.75, 3.05) is 0 Å². The number of carbonyl (C=O) groups is 1. The number of hydrogen-bond donors (Lipinski definition) is 1. The van der Waals surface area contributed by atoms with Crippen molar-refractivity contribution in [1.82, 2.24) is 10.3 Å². The van der Waals surface area contributed by atoms with Crippen LogP contribution in [-0.4, -0.2) is 10.9 Å². The van der Waals surface area contributed by atoms with Gasteiger partial charge in [0.25, 0.3) is 5.91 Å². The lowest BCUT2D eigenvalue weighted by Gasteiger charge is -2.04. The Kier molecular flexibility index (Phi) is 4.31. The van der Waals surface area contributed by atoms with Gasteiger partial charge >= 0.3 is 0 Å². The summed E-state index contributed by atoms with van der Waals surface area (Å²) in [5.74, 6) is -0.179. The van der Waals surface area contributed by atoms with Crippen LogP contribution in [0.1, 0.15) is 15.4 Å². The molecule has 88 valence electrons. The van der Waals surface area contributed by atoms with Crippen LogP contribution >= 0.6 is 43.2 Å². The van der Waals surface area contributed by atoms with Gasteiger partial charge in [0.2, 0.25) is 0 Å². The lowest BCUT2D eigenvalue weighted by molar-refractivity contribution is 0.0945. The molecule has 0 atom stereocenters. The lowest BCUT2D eigenvalue weighted by Crippen LogP contribution is -2.23. The van der Waals surface area contributed by atoms with Gasteiger partial charge in [-0.15, -0.1) is 11.3 Å². The van der Waals surface area contributed by atoms with Gasteiger partial charge in [-0.25, -0.2) is 4.98 Å². The van der Waals surface area contributed by atoms with Gasteiger partial charge in [0.05, 0.1) is 10.3 Å². The third kappa shape index (κ3) is 3.37. The molecule has 0 aliphatic carbocycles. The fraction of sp³-hybridized carbons (Fsp3) is 0.0909. The molecule has 0 spiro atoms. The first-order chi connectivity index (χ1) is 8.16. The topological polar surface area (TPSA) is 42.0 Å². The first kappa shape index (κ1) is 12.7. The zero-order valence-electron chi connectivity index (χ0n) is 8.61. The van der Waals surface area contributed by atoms with Crippen molar-refractivity contribution in [3.8, 4) is 0 Å². The average Bonchev–Trinajstić information content (AvgIpc) is 2.73. The summed E-state index contributed by atoms with van der Waals surface area (Å²) in [5.41, 5.74) is 0.406. The van der Waals surface area contributed by atoms with Crippen molar-refractivity contribution in [2.24, 2.45) is 0 Å². The minimum atomic E-state index is -0.179. The number of amides is 1. The fourth-order valence-electron chi connectivity index (χ4n) is 1.25. The highest BCUT2D eigenvalue weighted by Gasteiger charge is 2.10. The average molecular weight is 376 g/mol. The van der Waals surface area contributed by atoms with Crippen LogP contribution < -0.4 is 5.32 Å². The second-order valence-electron chi connectivity index (χ2n) is 3.22. The highest BCUT2D eigenvalue weighted by Crippen LogP contribution is 2.22. The maximum Gasteiger partial charge on any atom is 0.271 e. The van der Waals surface area contributed by atoms with E-state index in [-0.39, 0.29) is 5.91 Å². The molecule has 1 N–H and O–H groups in total. The normalized spacial score (nSPS) is 10.2. The Hall–Kier alpha value is -0.720. The number of thiophene rings is 1. The minimum absolute atomic E-state index is 0.179. The van der Waals surface area contributed by atoms with Gasteiger partial charge in [-0.05, 0) is 56.1 Å². The molecule has 0 aromatic carbocycles. The molecule has 2 aromatic heterocycles. The van der Waals surface area contributed by atoms with E-state index in [0.717, 1.165) is 8.66 Å². The number of rotatable bonds is 3. The van der Waals surface area contributed by atoms with Crippen molar-refractivity contribution < 1.29 is 4.79 Å². The number of carbonyl (C=O) groups excluding carboxylic acids is 1. The molecule has 3 nitrogen and oxygen atoms in total. The van der Waals surface area contributed by atoms with Crippen LogP contribution in [0, 0.1) is 0 Å². The van der Waals surface area contributed by atoms with Crippen LogP contribution in [-0.2, 0) is 6.54 Å². The summed E-state index contributed by atoms with van der Waals surface area (Å²) in [6.07, 6.45) is 1.60. The maximum atomic E-state index is 11.8. The van der Waals surface area contributed by atoms with E-state index >= 15 is 0 Å². The van der Waals surface area contributed by atoms with E-state index < -0.39 is 0 Å². The number of pyridine rings is 1. The largest absolute Gasteiger partial charge is 0.346 e. The molecule has 0 aliphatic rings. The van der Waals surface area contributed by atoms with E-state index in [1.54, 1.807) is 29.7 Å². The van der Waals surface area contributed by atoms with Gasteiger partial charge < -0.3 is 5.32 Å². The summed E-state index contributed by atoms with van der Waals surface area (Å²) in [4.78, 5) is 17.0. The molecular weight excluding hydrogens is 368 g/mol. The van der Waals surface area contributed by atoms with Crippen LogP contribution in [0.2, 0.25) is 0 Å². The first-order valence-corrected chi connectivity index (χ1v) is 7.20. The van der Waals surface area contributed by atoms with E-state index in [1.807, 2.05) is 12.1 Å². The zero-order chi connectivity index (χ0) is 12.3. The Morgan fingerprint density at radius 1 is 1.35 bits per heavy atom. The molecule has 0 saturated carbocycles. The first-order valence-electron chi connectivity index (χ1n) is 4.80. The van der Waals surface area contributed by atoms with Gasteiger partial charge in [0, 0.05) is 15.5 Å². The molecule has 1 amide bonds. The molecule has 0 unspecified atom stereocenters.